The fraction of sp³-hybridized carbons (Fsp3) is 0.467. The molecule has 2 aromatic rings. The standard InChI is InChI=1S/C15H16Cl2F3N3O2/c1-5-8-11(17)10(6-9(16)12(8)25-7(2)3)23-13(15(18,19)20)21-22(4)14(23)24/h6-7H,5H2,1-4H3. The van der Waals surface area contributed by atoms with E-state index in [0.29, 0.717) is 27.0 Å². The van der Waals surface area contributed by atoms with Crippen LogP contribution in [0.4, 0.5) is 13.2 Å². The van der Waals surface area contributed by atoms with Gasteiger partial charge in [-0.3, -0.25) is 0 Å². The molecule has 0 aliphatic rings. The quantitative estimate of drug-likeness (QED) is 0.774. The molecule has 1 aromatic carbocycles. The zero-order valence-corrected chi connectivity index (χ0v) is 15.4. The summed E-state index contributed by atoms with van der Waals surface area (Å²) < 4.78 is 46.4. The number of benzene rings is 1. The zero-order chi connectivity index (χ0) is 19.1. The van der Waals surface area contributed by atoms with Gasteiger partial charge in [0.2, 0.25) is 5.82 Å². The molecule has 0 bridgehead atoms. The lowest BCUT2D eigenvalue weighted by atomic mass is 10.1. The Bertz CT molecular complexity index is 857. The molecule has 0 saturated carbocycles. The molecule has 0 unspecified atom stereocenters. The fourth-order valence-corrected chi connectivity index (χ4v) is 2.97. The van der Waals surface area contributed by atoms with Gasteiger partial charge in [0.25, 0.3) is 0 Å². The van der Waals surface area contributed by atoms with E-state index in [-0.39, 0.29) is 21.8 Å². The molecule has 0 N–H and O–H groups in total. The molecule has 138 valence electrons. The molecule has 0 spiro atoms. The lowest BCUT2D eigenvalue weighted by Gasteiger charge is -2.19. The average molecular weight is 398 g/mol. The maximum absolute atomic E-state index is 13.3. The van der Waals surface area contributed by atoms with E-state index < -0.39 is 17.7 Å². The summed E-state index contributed by atoms with van der Waals surface area (Å²) in [6, 6.07) is 1.18. The summed E-state index contributed by atoms with van der Waals surface area (Å²) in [7, 11) is 1.13. The maximum Gasteiger partial charge on any atom is 0.452 e. The highest BCUT2D eigenvalue weighted by atomic mass is 35.5. The minimum atomic E-state index is -4.84. The van der Waals surface area contributed by atoms with Crippen LogP contribution in [0.2, 0.25) is 10.0 Å². The van der Waals surface area contributed by atoms with Gasteiger partial charge in [0, 0.05) is 12.6 Å². The van der Waals surface area contributed by atoms with Crippen LogP contribution < -0.4 is 10.4 Å². The molecule has 1 heterocycles. The topological polar surface area (TPSA) is 49.0 Å². The fourth-order valence-electron chi connectivity index (χ4n) is 2.35. The molecule has 10 heteroatoms. The van der Waals surface area contributed by atoms with Gasteiger partial charge in [-0.2, -0.15) is 13.2 Å². The van der Waals surface area contributed by atoms with Gasteiger partial charge in [0.15, 0.2) is 0 Å². The summed E-state index contributed by atoms with van der Waals surface area (Å²) in [5.41, 5.74) is -0.753. The van der Waals surface area contributed by atoms with Gasteiger partial charge in [-0.15, -0.1) is 5.10 Å². The molecule has 0 aliphatic carbocycles. The van der Waals surface area contributed by atoms with Gasteiger partial charge < -0.3 is 4.74 Å². The lowest BCUT2D eigenvalue weighted by molar-refractivity contribution is -0.146. The van der Waals surface area contributed by atoms with Crippen LogP contribution in [-0.4, -0.2) is 20.5 Å². The van der Waals surface area contributed by atoms with E-state index in [4.69, 9.17) is 27.9 Å². The first-order chi connectivity index (χ1) is 11.5. The van der Waals surface area contributed by atoms with Crippen molar-refractivity contribution in [3.05, 3.63) is 38.0 Å². The highest BCUT2D eigenvalue weighted by Gasteiger charge is 2.40. The van der Waals surface area contributed by atoms with Crippen LogP contribution in [0.25, 0.3) is 5.69 Å². The van der Waals surface area contributed by atoms with Gasteiger partial charge in [-0.05, 0) is 26.3 Å². The van der Waals surface area contributed by atoms with Crippen LogP contribution >= 0.6 is 23.2 Å². The highest BCUT2D eigenvalue weighted by Crippen LogP contribution is 2.40. The summed E-state index contributed by atoms with van der Waals surface area (Å²) in [6.45, 7) is 5.32. The van der Waals surface area contributed by atoms with Crippen molar-refractivity contribution in [1.82, 2.24) is 14.3 Å². The van der Waals surface area contributed by atoms with Crippen LogP contribution in [0.1, 0.15) is 32.2 Å². The molecule has 0 saturated heterocycles. The van der Waals surface area contributed by atoms with E-state index in [9.17, 15) is 18.0 Å². The van der Waals surface area contributed by atoms with Crippen molar-refractivity contribution in [1.29, 1.82) is 0 Å². The minimum Gasteiger partial charge on any atom is -0.489 e. The number of halogens is 5. The molecule has 0 amide bonds. The van der Waals surface area contributed by atoms with Crippen molar-refractivity contribution < 1.29 is 17.9 Å². The van der Waals surface area contributed by atoms with Crippen LogP contribution in [-0.2, 0) is 19.6 Å². The number of nitrogens with zero attached hydrogens (tertiary/aromatic N) is 3. The molecule has 0 fully saturated rings. The zero-order valence-electron chi connectivity index (χ0n) is 13.9. The van der Waals surface area contributed by atoms with E-state index >= 15 is 0 Å². The number of rotatable bonds is 4. The number of aryl methyl sites for hydroxylation is 1. The van der Waals surface area contributed by atoms with Gasteiger partial charge >= 0.3 is 11.9 Å². The third-order valence-electron chi connectivity index (χ3n) is 3.37. The lowest BCUT2D eigenvalue weighted by Crippen LogP contribution is -2.25. The molecule has 1 aromatic heterocycles. The molecule has 2 rings (SSSR count). The normalized spacial score (nSPS) is 12.1. The first-order valence-corrected chi connectivity index (χ1v) is 8.15. The van der Waals surface area contributed by atoms with Crippen molar-refractivity contribution in [3.63, 3.8) is 0 Å². The van der Waals surface area contributed by atoms with Crippen LogP contribution in [0, 0.1) is 0 Å². The summed E-state index contributed by atoms with van der Waals surface area (Å²) in [5.74, 6) is -1.09. The summed E-state index contributed by atoms with van der Waals surface area (Å²) >= 11 is 12.5. The third-order valence-corrected chi connectivity index (χ3v) is 4.07. The second-order valence-electron chi connectivity index (χ2n) is 5.58. The summed E-state index contributed by atoms with van der Waals surface area (Å²) in [4.78, 5) is 12.2. The van der Waals surface area contributed by atoms with E-state index in [1.807, 2.05) is 0 Å². The van der Waals surface area contributed by atoms with Crippen molar-refractivity contribution in [2.24, 2.45) is 7.05 Å². The smallest absolute Gasteiger partial charge is 0.452 e. The monoisotopic (exact) mass is 397 g/mol. The molecule has 25 heavy (non-hydrogen) atoms. The Morgan fingerprint density at radius 1 is 1.32 bits per heavy atom. The van der Waals surface area contributed by atoms with E-state index in [1.54, 1.807) is 20.8 Å². The Balaban J connectivity index is 2.83. The predicted molar refractivity (Wildman–Crippen MR) is 89.0 cm³/mol. The first-order valence-electron chi connectivity index (χ1n) is 7.40. The molecular formula is C15H16Cl2F3N3O2. The number of ether oxygens (including phenoxy) is 1. The second-order valence-corrected chi connectivity index (χ2v) is 6.37. The van der Waals surface area contributed by atoms with Crippen molar-refractivity contribution >= 4 is 23.2 Å². The van der Waals surface area contributed by atoms with Gasteiger partial charge in [-0.1, -0.05) is 30.1 Å². The average Bonchev–Trinajstić information content (AvgIpc) is 2.78. The number of alkyl halides is 3. The molecular weight excluding hydrogens is 382 g/mol. The van der Waals surface area contributed by atoms with Gasteiger partial charge in [0.05, 0.1) is 21.8 Å². The number of hydrogen-bond acceptors (Lipinski definition) is 3. The Morgan fingerprint density at radius 3 is 2.40 bits per heavy atom. The molecule has 0 radical (unpaired) electrons. The Labute approximate surface area is 151 Å². The molecule has 5 nitrogen and oxygen atoms in total. The van der Waals surface area contributed by atoms with Crippen molar-refractivity contribution in [3.8, 4) is 11.4 Å². The van der Waals surface area contributed by atoms with Crippen molar-refractivity contribution in [2.45, 2.75) is 39.5 Å². The van der Waals surface area contributed by atoms with E-state index in [2.05, 4.69) is 5.10 Å². The van der Waals surface area contributed by atoms with Crippen LogP contribution in [0.3, 0.4) is 0 Å². The Hall–Kier alpha value is -1.67. The minimum absolute atomic E-state index is 0.0387. The Kier molecular flexibility index (Phi) is 5.44. The Morgan fingerprint density at radius 2 is 1.92 bits per heavy atom. The van der Waals surface area contributed by atoms with E-state index in [1.165, 1.54) is 6.07 Å². The molecule has 0 aliphatic heterocycles. The number of hydrogen-bond donors (Lipinski definition) is 0. The second kappa shape index (κ2) is 6.92. The molecule has 0 atom stereocenters. The maximum atomic E-state index is 13.3. The van der Waals surface area contributed by atoms with Crippen molar-refractivity contribution in [2.75, 3.05) is 0 Å². The largest absolute Gasteiger partial charge is 0.489 e. The first kappa shape index (κ1) is 19.7. The highest BCUT2D eigenvalue weighted by molar-refractivity contribution is 6.36. The van der Waals surface area contributed by atoms with Gasteiger partial charge in [-0.25, -0.2) is 14.0 Å². The van der Waals surface area contributed by atoms with Crippen LogP contribution in [0.5, 0.6) is 5.75 Å². The summed E-state index contributed by atoms with van der Waals surface area (Å²) in [5, 5.41) is 3.29. The predicted octanol–water partition coefficient (Wildman–Crippen LogP) is 4.25. The van der Waals surface area contributed by atoms with Crippen LogP contribution in [0.15, 0.2) is 10.9 Å². The van der Waals surface area contributed by atoms with E-state index in [0.717, 1.165) is 7.05 Å². The SMILES string of the molecule is CCc1c(Cl)c(-n2c(C(F)(F)F)nn(C)c2=O)cc(Cl)c1OC(C)C. The third kappa shape index (κ3) is 3.64. The summed E-state index contributed by atoms with van der Waals surface area (Å²) in [6.07, 6.45) is -4.70. The van der Waals surface area contributed by atoms with Gasteiger partial charge in [0.1, 0.15) is 5.75 Å². The number of aromatic nitrogens is 3.